The molecule has 0 saturated carbocycles. The minimum Gasteiger partial charge on any atom is -0.497 e. The van der Waals surface area contributed by atoms with Gasteiger partial charge in [0.1, 0.15) is 18.1 Å². The summed E-state index contributed by atoms with van der Waals surface area (Å²) < 4.78 is 23.1. The van der Waals surface area contributed by atoms with Crippen LogP contribution in [0.1, 0.15) is 19.0 Å². The Hall–Kier alpha value is -2.96. The molecule has 146 valence electrons. The van der Waals surface area contributed by atoms with E-state index in [4.69, 9.17) is 18.9 Å². The molecule has 2 rings (SSSR count). The number of hydrogen-bond acceptors (Lipinski definition) is 6. The Kier molecular flexibility index (Phi) is 7.73. The minimum absolute atomic E-state index is 0.0985. The maximum atomic E-state index is 12.1. The monoisotopic (exact) mass is 375 g/mol. The van der Waals surface area contributed by atoms with Crippen LogP contribution in [0.2, 0.25) is 0 Å². The molecule has 1 aromatic heterocycles. The third-order valence-corrected chi connectivity index (χ3v) is 3.91. The first-order valence-electron chi connectivity index (χ1n) is 8.80. The third kappa shape index (κ3) is 6.06. The topological polar surface area (TPSA) is 76.0 Å². The molecule has 7 heteroatoms. The molecule has 0 aliphatic carbocycles. The van der Waals surface area contributed by atoms with Gasteiger partial charge >= 0.3 is 5.97 Å². The lowest BCUT2D eigenvalue weighted by atomic mass is 10.3. The molecule has 0 bridgehead atoms. The number of aromatic nitrogens is 1. The van der Waals surface area contributed by atoms with E-state index < -0.39 is 0 Å². The summed E-state index contributed by atoms with van der Waals surface area (Å²) in [4.78, 5) is 23.4. The van der Waals surface area contributed by atoms with E-state index in [1.807, 2.05) is 28.8 Å². The lowest BCUT2D eigenvalue weighted by Gasteiger charge is -2.15. The Morgan fingerprint density at radius 2 is 1.74 bits per heavy atom. The predicted molar refractivity (Wildman–Crippen MR) is 101 cm³/mol. The van der Waals surface area contributed by atoms with Crippen molar-refractivity contribution in [2.24, 2.45) is 0 Å². The standard InChI is InChI=1S/C20H25NO6/c1-4-25-19(23)10-13-27-20-15(2)21(11-9-18(20)22)12-14-26-17-7-5-16(24-3)6-8-17/h5-9,11H,4,10,12-14H2,1-3H3. The zero-order valence-corrected chi connectivity index (χ0v) is 15.9. The Labute approximate surface area is 158 Å². The van der Waals surface area contributed by atoms with Crippen LogP contribution in [0.5, 0.6) is 17.2 Å². The summed E-state index contributed by atoms with van der Waals surface area (Å²) in [6.07, 6.45) is 1.80. The van der Waals surface area contributed by atoms with Gasteiger partial charge < -0.3 is 23.5 Å². The van der Waals surface area contributed by atoms with Crippen LogP contribution >= 0.6 is 0 Å². The van der Waals surface area contributed by atoms with Gasteiger partial charge in [-0.15, -0.1) is 0 Å². The Morgan fingerprint density at radius 1 is 1.04 bits per heavy atom. The van der Waals surface area contributed by atoms with Crippen molar-refractivity contribution in [2.45, 2.75) is 26.8 Å². The molecule has 0 spiro atoms. The van der Waals surface area contributed by atoms with Crippen LogP contribution in [0, 0.1) is 6.92 Å². The van der Waals surface area contributed by atoms with E-state index >= 15 is 0 Å². The molecule has 1 aromatic carbocycles. The average Bonchev–Trinajstić information content (AvgIpc) is 2.67. The SMILES string of the molecule is CCOC(=O)CCOc1c(C)n(CCOc2ccc(OC)cc2)ccc1=O. The maximum absolute atomic E-state index is 12.1. The molecular formula is C20H25NO6. The largest absolute Gasteiger partial charge is 0.497 e. The number of pyridine rings is 1. The van der Waals surface area contributed by atoms with E-state index in [0.717, 1.165) is 11.5 Å². The smallest absolute Gasteiger partial charge is 0.309 e. The highest BCUT2D eigenvalue weighted by atomic mass is 16.5. The first kappa shape index (κ1) is 20.4. The molecule has 7 nitrogen and oxygen atoms in total. The van der Waals surface area contributed by atoms with E-state index in [1.54, 1.807) is 27.2 Å². The van der Waals surface area contributed by atoms with Gasteiger partial charge in [0.25, 0.3) is 0 Å². The molecule has 0 aliphatic rings. The van der Waals surface area contributed by atoms with Crippen LogP contribution in [0.4, 0.5) is 0 Å². The summed E-state index contributed by atoms with van der Waals surface area (Å²) in [6, 6.07) is 8.77. The fourth-order valence-electron chi connectivity index (χ4n) is 2.48. The number of methoxy groups -OCH3 is 1. The summed E-state index contributed by atoms with van der Waals surface area (Å²) in [5.74, 6) is 1.40. The van der Waals surface area contributed by atoms with Crippen molar-refractivity contribution in [3.05, 3.63) is 52.4 Å². The van der Waals surface area contributed by atoms with E-state index in [1.165, 1.54) is 6.07 Å². The van der Waals surface area contributed by atoms with Gasteiger partial charge in [0.05, 0.1) is 39.0 Å². The predicted octanol–water partition coefficient (Wildman–Crippen LogP) is 2.58. The Bertz CT molecular complexity index is 797. The summed E-state index contributed by atoms with van der Waals surface area (Å²) in [7, 11) is 1.61. The van der Waals surface area contributed by atoms with Gasteiger partial charge in [-0.1, -0.05) is 0 Å². The van der Waals surface area contributed by atoms with Crippen molar-refractivity contribution >= 4 is 5.97 Å². The Balaban J connectivity index is 1.92. The van der Waals surface area contributed by atoms with E-state index in [-0.39, 0.29) is 30.2 Å². The third-order valence-electron chi connectivity index (χ3n) is 3.91. The second kappa shape index (κ2) is 10.3. The maximum Gasteiger partial charge on any atom is 0.309 e. The first-order chi connectivity index (χ1) is 13.0. The van der Waals surface area contributed by atoms with Gasteiger partial charge in [-0.2, -0.15) is 0 Å². The summed E-state index contributed by atoms with van der Waals surface area (Å²) in [6.45, 7) is 4.94. The van der Waals surface area contributed by atoms with Crippen LogP contribution in [0.25, 0.3) is 0 Å². The quantitative estimate of drug-likeness (QED) is 0.594. The second-order valence-electron chi connectivity index (χ2n) is 5.72. The molecule has 27 heavy (non-hydrogen) atoms. The van der Waals surface area contributed by atoms with Crippen LogP contribution in [-0.4, -0.2) is 37.5 Å². The molecule has 0 amide bonds. The molecule has 0 saturated heterocycles. The molecule has 2 aromatic rings. The van der Waals surface area contributed by atoms with Gasteiger partial charge in [-0.25, -0.2) is 0 Å². The number of rotatable bonds is 10. The van der Waals surface area contributed by atoms with E-state index in [2.05, 4.69) is 0 Å². The van der Waals surface area contributed by atoms with Crippen LogP contribution in [-0.2, 0) is 16.1 Å². The van der Waals surface area contributed by atoms with Gasteiger partial charge in [-0.3, -0.25) is 9.59 Å². The van der Waals surface area contributed by atoms with Crippen molar-refractivity contribution in [3.63, 3.8) is 0 Å². The summed E-state index contributed by atoms with van der Waals surface area (Å²) in [5, 5.41) is 0. The van der Waals surface area contributed by atoms with Gasteiger partial charge in [0.2, 0.25) is 5.43 Å². The van der Waals surface area contributed by atoms with Crippen LogP contribution in [0.3, 0.4) is 0 Å². The lowest BCUT2D eigenvalue weighted by molar-refractivity contribution is -0.143. The van der Waals surface area contributed by atoms with E-state index in [9.17, 15) is 9.59 Å². The molecule has 0 aliphatic heterocycles. The fraction of sp³-hybridized carbons (Fsp3) is 0.400. The minimum atomic E-state index is -0.348. The van der Waals surface area contributed by atoms with Crippen molar-refractivity contribution < 1.29 is 23.7 Å². The molecule has 0 unspecified atom stereocenters. The van der Waals surface area contributed by atoms with Crippen molar-refractivity contribution in [1.29, 1.82) is 0 Å². The highest BCUT2D eigenvalue weighted by Gasteiger charge is 2.10. The molecule has 0 atom stereocenters. The number of carbonyl (C=O) groups is 1. The zero-order chi connectivity index (χ0) is 19.6. The number of nitrogens with zero attached hydrogens (tertiary/aromatic N) is 1. The normalized spacial score (nSPS) is 10.3. The van der Waals surface area contributed by atoms with Gasteiger partial charge in [0, 0.05) is 12.3 Å². The Morgan fingerprint density at radius 3 is 2.41 bits per heavy atom. The summed E-state index contributed by atoms with van der Waals surface area (Å²) >= 11 is 0. The van der Waals surface area contributed by atoms with Gasteiger partial charge in [-0.05, 0) is 38.1 Å². The molecular weight excluding hydrogens is 350 g/mol. The second-order valence-corrected chi connectivity index (χ2v) is 5.72. The number of ether oxygens (including phenoxy) is 4. The number of carbonyl (C=O) groups excluding carboxylic acids is 1. The molecule has 0 fully saturated rings. The first-order valence-corrected chi connectivity index (χ1v) is 8.80. The van der Waals surface area contributed by atoms with Crippen molar-refractivity contribution in [2.75, 3.05) is 26.9 Å². The highest BCUT2D eigenvalue weighted by molar-refractivity contribution is 5.69. The average molecular weight is 375 g/mol. The van der Waals surface area contributed by atoms with Crippen molar-refractivity contribution in [1.82, 2.24) is 4.57 Å². The zero-order valence-electron chi connectivity index (χ0n) is 15.9. The highest BCUT2D eigenvalue weighted by Crippen LogP contribution is 2.17. The lowest BCUT2D eigenvalue weighted by Crippen LogP contribution is -2.19. The van der Waals surface area contributed by atoms with E-state index in [0.29, 0.717) is 25.5 Å². The summed E-state index contributed by atoms with van der Waals surface area (Å²) in [5.41, 5.74) is 0.466. The number of hydrogen-bond donors (Lipinski definition) is 0. The molecule has 0 radical (unpaired) electrons. The van der Waals surface area contributed by atoms with Gasteiger partial charge in [0.15, 0.2) is 5.75 Å². The number of benzene rings is 1. The fourth-order valence-corrected chi connectivity index (χ4v) is 2.48. The molecule has 1 heterocycles. The molecule has 0 N–H and O–H groups in total. The number of esters is 1. The van der Waals surface area contributed by atoms with Crippen LogP contribution < -0.4 is 19.6 Å². The van der Waals surface area contributed by atoms with Crippen LogP contribution in [0.15, 0.2) is 41.3 Å². The van der Waals surface area contributed by atoms with Crippen molar-refractivity contribution in [3.8, 4) is 17.2 Å².